The lowest BCUT2D eigenvalue weighted by molar-refractivity contribution is -0.161. The maximum atomic E-state index is 13.1. The van der Waals surface area contributed by atoms with Crippen LogP contribution < -0.4 is 0 Å². The predicted octanol–water partition coefficient (Wildman–Crippen LogP) is 25.1. The molecule has 0 spiro atoms. The molecule has 0 aromatic rings. The Hall–Kier alpha value is -1.94. The number of hydrogen-bond acceptors (Lipinski definition) is 15. The van der Waals surface area contributed by atoms with Crippen LogP contribution in [0, 0.1) is 11.8 Å². The lowest BCUT2D eigenvalue weighted by Crippen LogP contribution is -2.30. The SMILES string of the molecule is CCCCCCCCCCCCCCCCCCCCCCCC(=O)O[C@H](COC(=O)CCCCCCCCCCCCCCCCC(C)CC)COP(=O)(O)OC[C@@H](O)COP(=O)(O)OC[C@@H](COC(=O)CCCCCCC)OC(=O)CCCCCCCCCCCCCCCCC(C)CC. The molecule has 17 nitrogen and oxygen atoms in total. The van der Waals surface area contributed by atoms with Crippen molar-refractivity contribution < 1.29 is 80.2 Å². The number of phosphoric ester groups is 2. The maximum Gasteiger partial charge on any atom is 0.472 e. The average Bonchev–Trinajstić information content (AvgIpc) is 0.923. The molecule has 0 rings (SSSR count). The molecule has 0 aliphatic heterocycles. The van der Waals surface area contributed by atoms with E-state index in [9.17, 15) is 43.2 Å². The maximum absolute atomic E-state index is 13.1. The molecule has 4 unspecified atom stereocenters. The molecule has 3 N–H and O–H groups in total. The average molecular weight is 1490 g/mol. The van der Waals surface area contributed by atoms with Gasteiger partial charge in [0.15, 0.2) is 12.2 Å². The molecular weight excluding hydrogens is 1330 g/mol. The third-order valence-corrected chi connectivity index (χ3v) is 22.1. The first-order valence-corrected chi connectivity index (χ1v) is 46.1. The van der Waals surface area contributed by atoms with E-state index in [1.807, 2.05) is 0 Å². The zero-order valence-electron chi connectivity index (χ0n) is 66.9. The summed E-state index contributed by atoms with van der Waals surface area (Å²) in [5, 5.41) is 10.6. The predicted molar refractivity (Wildman–Crippen MR) is 418 cm³/mol. The van der Waals surface area contributed by atoms with Gasteiger partial charge in [-0.25, -0.2) is 9.13 Å². The van der Waals surface area contributed by atoms with Gasteiger partial charge in [0.05, 0.1) is 26.4 Å². The molecule has 19 heteroatoms. The van der Waals surface area contributed by atoms with Crippen molar-refractivity contribution in [2.24, 2.45) is 11.8 Å². The van der Waals surface area contributed by atoms with Gasteiger partial charge in [-0.2, -0.15) is 0 Å². The Morgan fingerprint density at radius 2 is 0.471 bits per heavy atom. The van der Waals surface area contributed by atoms with E-state index >= 15 is 0 Å². The second kappa shape index (κ2) is 74.5. The molecule has 0 fully saturated rings. The summed E-state index contributed by atoms with van der Waals surface area (Å²) in [6.45, 7) is 9.66. The minimum atomic E-state index is -4.96. The lowest BCUT2D eigenvalue weighted by atomic mass is 9.99. The highest BCUT2D eigenvalue weighted by Gasteiger charge is 2.30. The van der Waals surface area contributed by atoms with Gasteiger partial charge in [0.1, 0.15) is 19.3 Å². The second-order valence-corrected chi connectivity index (χ2v) is 33.3. The van der Waals surface area contributed by atoms with E-state index in [2.05, 4.69) is 41.5 Å². The fourth-order valence-electron chi connectivity index (χ4n) is 12.8. The van der Waals surface area contributed by atoms with E-state index in [4.69, 9.17) is 37.0 Å². The number of carbonyl (C=O) groups is 4. The van der Waals surface area contributed by atoms with Crippen LogP contribution in [0.1, 0.15) is 440 Å². The molecule has 0 aliphatic carbocycles. The van der Waals surface area contributed by atoms with Crippen molar-refractivity contribution in [1.29, 1.82) is 0 Å². The lowest BCUT2D eigenvalue weighted by Gasteiger charge is -2.21. The summed E-state index contributed by atoms with van der Waals surface area (Å²) < 4.78 is 68.6. The Labute approximate surface area is 626 Å². The summed E-state index contributed by atoms with van der Waals surface area (Å²) in [5.74, 6) is -0.422. The largest absolute Gasteiger partial charge is 0.472 e. The Bertz CT molecular complexity index is 1960. The summed E-state index contributed by atoms with van der Waals surface area (Å²) in [6.07, 6.45) is 65.6. The van der Waals surface area contributed by atoms with Crippen LogP contribution in [-0.2, 0) is 65.4 Å². The van der Waals surface area contributed by atoms with Crippen LogP contribution in [0.25, 0.3) is 0 Å². The Balaban J connectivity index is 5.11. The number of esters is 4. The van der Waals surface area contributed by atoms with Gasteiger partial charge in [-0.3, -0.25) is 37.3 Å². The molecule has 102 heavy (non-hydrogen) atoms. The molecule has 0 saturated carbocycles. The Morgan fingerprint density at radius 1 is 0.275 bits per heavy atom. The minimum absolute atomic E-state index is 0.107. The first-order chi connectivity index (χ1) is 49.4. The van der Waals surface area contributed by atoms with E-state index in [1.54, 1.807) is 0 Å². The summed E-state index contributed by atoms with van der Waals surface area (Å²) in [5.41, 5.74) is 0. The minimum Gasteiger partial charge on any atom is -0.462 e. The van der Waals surface area contributed by atoms with Gasteiger partial charge in [0, 0.05) is 25.7 Å². The van der Waals surface area contributed by atoms with E-state index in [0.717, 1.165) is 108 Å². The molecule has 7 atom stereocenters. The van der Waals surface area contributed by atoms with E-state index in [-0.39, 0.29) is 25.7 Å². The molecule has 0 aliphatic rings. The van der Waals surface area contributed by atoms with Crippen LogP contribution in [0.5, 0.6) is 0 Å². The van der Waals surface area contributed by atoms with Crippen molar-refractivity contribution in [3.63, 3.8) is 0 Å². The number of hydrogen-bond donors (Lipinski definition) is 3. The molecule has 606 valence electrons. The van der Waals surface area contributed by atoms with Crippen LogP contribution in [0.3, 0.4) is 0 Å². The van der Waals surface area contributed by atoms with Gasteiger partial charge < -0.3 is 33.8 Å². The topological polar surface area (TPSA) is 237 Å². The van der Waals surface area contributed by atoms with Gasteiger partial charge in [0.25, 0.3) is 0 Å². The molecule has 0 saturated heterocycles. The summed E-state index contributed by atoms with van der Waals surface area (Å²) in [6, 6.07) is 0. The van der Waals surface area contributed by atoms with Crippen LogP contribution in [-0.4, -0.2) is 96.7 Å². The van der Waals surface area contributed by atoms with Gasteiger partial charge >= 0.3 is 39.5 Å². The Kier molecular flexibility index (Phi) is 73.1. The first-order valence-electron chi connectivity index (χ1n) is 43.1. The normalized spacial score (nSPS) is 14.4. The number of rotatable bonds is 82. The van der Waals surface area contributed by atoms with E-state index < -0.39 is 97.5 Å². The molecule has 0 amide bonds. The van der Waals surface area contributed by atoms with Crippen LogP contribution in [0.2, 0.25) is 0 Å². The number of aliphatic hydroxyl groups is 1. The molecule has 0 heterocycles. The van der Waals surface area contributed by atoms with Gasteiger partial charge in [-0.05, 0) is 37.5 Å². The van der Waals surface area contributed by atoms with Crippen LogP contribution in [0.4, 0.5) is 0 Å². The van der Waals surface area contributed by atoms with Crippen molar-refractivity contribution in [1.82, 2.24) is 0 Å². The number of unbranched alkanes of at least 4 members (excludes halogenated alkanes) is 50. The fourth-order valence-corrected chi connectivity index (χ4v) is 14.4. The number of aliphatic hydroxyl groups excluding tert-OH is 1. The highest BCUT2D eigenvalue weighted by molar-refractivity contribution is 7.47. The highest BCUT2D eigenvalue weighted by Crippen LogP contribution is 2.45. The van der Waals surface area contributed by atoms with Crippen molar-refractivity contribution >= 4 is 39.5 Å². The zero-order chi connectivity index (χ0) is 74.9. The third-order valence-electron chi connectivity index (χ3n) is 20.2. The van der Waals surface area contributed by atoms with Crippen molar-refractivity contribution in [3.8, 4) is 0 Å². The van der Waals surface area contributed by atoms with Crippen molar-refractivity contribution in [2.75, 3.05) is 39.6 Å². The molecule has 0 radical (unpaired) electrons. The number of ether oxygens (including phenoxy) is 4. The molecule has 0 bridgehead atoms. The molecule has 0 aromatic carbocycles. The van der Waals surface area contributed by atoms with Gasteiger partial charge in [-0.15, -0.1) is 0 Å². The summed E-state index contributed by atoms with van der Waals surface area (Å²) >= 11 is 0. The zero-order valence-corrected chi connectivity index (χ0v) is 68.7. The van der Waals surface area contributed by atoms with Crippen LogP contribution in [0.15, 0.2) is 0 Å². The first kappa shape index (κ1) is 100. The number of phosphoric acid groups is 2. The smallest absolute Gasteiger partial charge is 0.462 e. The van der Waals surface area contributed by atoms with Gasteiger partial charge in [0.2, 0.25) is 0 Å². The van der Waals surface area contributed by atoms with Crippen molar-refractivity contribution in [3.05, 3.63) is 0 Å². The van der Waals surface area contributed by atoms with E-state index in [0.29, 0.717) is 25.7 Å². The number of carbonyl (C=O) groups excluding carboxylic acids is 4. The molecule has 0 aromatic heterocycles. The Morgan fingerprint density at radius 3 is 0.696 bits per heavy atom. The monoisotopic (exact) mass is 1490 g/mol. The second-order valence-electron chi connectivity index (χ2n) is 30.4. The third kappa shape index (κ3) is 73.6. The van der Waals surface area contributed by atoms with Crippen LogP contribution >= 0.6 is 15.6 Å². The fraction of sp³-hybridized carbons (Fsp3) is 0.952. The van der Waals surface area contributed by atoms with Gasteiger partial charge in [-0.1, -0.05) is 388 Å². The summed E-state index contributed by atoms with van der Waals surface area (Å²) in [7, 11) is -9.91. The van der Waals surface area contributed by atoms with Crippen molar-refractivity contribution in [2.45, 2.75) is 458 Å². The molecular formula is C83H162O17P2. The summed E-state index contributed by atoms with van der Waals surface area (Å²) in [4.78, 5) is 72.8. The van der Waals surface area contributed by atoms with E-state index in [1.165, 1.54) is 250 Å². The highest BCUT2D eigenvalue weighted by atomic mass is 31.2. The quantitative estimate of drug-likeness (QED) is 0.0222. The standard InChI is InChI=1S/C83H162O17P2/c1-7-11-13-15-16-17-18-19-20-21-22-23-24-25-26-34-39-44-49-55-62-68-83(88)100-79(72-94-81(86)66-60-54-48-43-38-33-29-27-31-36-41-46-52-57-63-75(5)9-3)74-98-102(91,92)96-70-77(84)69-95-101(89,90)97-73-78(71-93-80(85)65-59-51-14-12-8-2)99-82(87)67-61-56-50-45-40-35-30-28-32-37-42-47-53-58-64-76(6)10-4/h75-79,84H,7-74H2,1-6H3,(H,89,90)(H,91,92)/t75?,76?,77-,78+,79+/m0/s1.